The standard InChI is InChI=1S/C7H8O7S/c1-2-3(8)5(10)7(15(12,13)14)6(11)4(2)9/h8-11H,1H3,(H,12,13,14). The molecule has 0 spiro atoms. The summed E-state index contributed by atoms with van der Waals surface area (Å²) >= 11 is 0. The van der Waals surface area contributed by atoms with Crippen molar-refractivity contribution in [3.8, 4) is 23.0 Å². The predicted molar refractivity (Wildman–Crippen MR) is 47.7 cm³/mol. The van der Waals surface area contributed by atoms with Crippen LogP contribution in [0.25, 0.3) is 0 Å². The van der Waals surface area contributed by atoms with Crippen LogP contribution in [0, 0.1) is 6.92 Å². The average Bonchev–Trinajstić information content (AvgIpc) is 2.09. The van der Waals surface area contributed by atoms with Crippen LogP contribution in [0.15, 0.2) is 4.90 Å². The van der Waals surface area contributed by atoms with Gasteiger partial charge in [-0.05, 0) is 6.92 Å². The molecule has 7 nitrogen and oxygen atoms in total. The van der Waals surface area contributed by atoms with Gasteiger partial charge in [0.25, 0.3) is 0 Å². The Kier molecular flexibility index (Phi) is 2.41. The number of rotatable bonds is 1. The fourth-order valence-corrected chi connectivity index (χ4v) is 1.72. The highest BCUT2D eigenvalue weighted by molar-refractivity contribution is 7.86. The molecule has 0 amide bonds. The average molecular weight is 236 g/mol. The SMILES string of the molecule is Cc1c(O)c(O)c(S(=O)(=O)O)c(O)c1O. The highest BCUT2D eigenvalue weighted by Gasteiger charge is 2.28. The first-order valence-corrected chi connectivity index (χ1v) is 5.05. The zero-order valence-electron chi connectivity index (χ0n) is 7.46. The number of phenolic OH excluding ortho intramolecular Hbond substituents is 4. The van der Waals surface area contributed by atoms with E-state index in [9.17, 15) is 8.42 Å². The highest BCUT2D eigenvalue weighted by Crippen LogP contribution is 2.47. The van der Waals surface area contributed by atoms with Crippen molar-refractivity contribution >= 4 is 10.1 Å². The second kappa shape index (κ2) is 3.17. The molecular formula is C7H8O7S. The summed E-state index contributed by atoms with van der Waals surface area (Å²) in [5, 5.41) is 36.6. The molecule has 0 aliphatic carbocycles. The molecule has 0 bridgehead atoms. The normalized spacial score (nSPS) is 11.6. The van der Waals surface area contributed by atoms with Gasteiger partial charge in [0.15, 0.2) is 27.9 Å². The molecule has 8 heteroatoms. The number of hydrogen-bond acceptors (Lipinski definition) is 6. The largest absolute Gasteiger partial charge is 0.504 e. The smallest absolute Gasteiger partial charge is 0.302 e. The van der Waals surface area contributed by atoms with E-state index in [-0.39, 0.29) is 5.56 Å². The van der Waals surface area contributed by atoms with E-state index in [1.54, 1.807) is 0 Å². The third-order valence-corrected chi connectivity index (χ3v) is 2.75. The molecule has 0 fully saturated rings. The fourth-order valence-electron chi connectivity index (χ4n) is 1.04. The van der Waals surface area contributed by atoms with Gasteiger partial charge in [-0.15, -0.1) is 0 Å². The first kappa shape index (κ1) is 11.4. The van der Waals surface area contributed by atoms with E-state index >= 15 is 0 Å². The van der Waals surface area contributed by atoms with E-state index in [0.29, 0.717) is 0 Å². The molecule has 0 radical (unpaired) electrons. The Balaban J connectivity index is 3.84. The minimum Gasteiger partial charge on any atom is -0.504 e. The molecule has 0 saturated heterocycles. The summed E-state index contributed by atoms with van der Waals surface area (Å²) in [6.45, 7) is 1.14. The van der Waals surface area contributed by atoms with E-state index in [4.69, 9.17) is 25.0 Å². The summed E-state index contributed by atoms with van der Waals surface area (Å²) in [6.07, 6.45) is 0. The second-order valence-electron chi connectivity index (χ2n) is 2.82. The van der Waals surface area contributed by atoms with Crippen LogP contribution in [0.2, 0.25) is 0 Å². The van der Waals surface area contributed by atoms with Crippen molar-refractivity contribution in [1.82, 2.24) is 0 Å². The molecule has 1 aromatic carbocycles. The van der Waals surface area contributed by atoms with Crippen molar-refractivity contribution in [3.63, 3.8) is 0 Å². The Hall–Kier alpha value is -1.67. The van der Waals surface area contributed by atoms with Crippen LogP contribution in [-0.2, 0) is 10.1 Å². The lowest BCUT2D eigenvalue weighted by Crippen LogP contribution is -2.00. The predicted octanol–water partition coefficient (Wildman–Crippen LogP) is 0.0641. The molecule has 0 aliphatic rings. The highest BCUT2D eigenvalue weighted by atomic mass is 32.2. The molecular weight excluding hydrogens is 228 g/mol. The van der Waals surface area contributed by atoms with Crippen molar-refractivity contribution in [1.29, 1.82) is 0 Å². The molecule has 0 unspecified atom stereocenters. The van der Waals surface area contributed by atoms with Crippen LogP contribution in [0.4, 0.5) is 0 Å². The summed E-state index contributed by atoms with van der Waals surface area (Å²) in [5.74, 6) is -4.30. The molecule has 84 valence electrons. The summed E-state index contributed by atoms with van der Waals surface area (Å²) in [7, 11) is -4.95. The van der Waals surface area contributed by atoms with Gasteiger partial charge >= 0.3 is 10.1 Å². The maximum absolute atomic E-state index is 10.7. The van der Waals surface area contributed by atoms with Crippen LogP contribution in [0.5, 0.6) is 23.0 Å². The van der Waals surface area contributed by atoms with Crippen molar-refractivity contribution in [3.05, 3.63) is 5.56 Å². The van der Waals surface area contributed by atoms with Gasteiger partial charge in [0, 0.05) is 5.56 Å². The Morgan fingerprint density at radius 2 is 1.20 bits per heavy atom. The third kappa shape index (κ3) is 1.64. The molecule has 5 N–H and O–H groups in total. The molecule has 1 aromatic rings. The van der Waals surface area contributed by atoms with Crippen molar-refractivity contribution in [2.45, 2.75) is 11.8 Å². The van der Waals surface area contributed by atoms with E-state index in [0.717, 1.165) is 6.92 Å². The lowest BCUT2D eigenvalue weighted by molar-refractivity contribution is 0.347. The van der Waals surface area contributed by atoms with Gasteiger partial charge in [-0.1, -0.05) is 0 Å². The summed E-state index contributed by atoms with van der Waals surface area (Å²) in [5.41, 5.74) is -0.308. The maximum atomic E-state index is 10.7. The zero-order valence-corrected chi connectivity index (χ0v) is 8.28. The molecule has 0 saturated carbocycles. The Morgan fingerprint density at radius 1 is 0.867 bits per heavy atom. The lowest BCUT2D eigenvalue weighted by atomic mass is 10.1. The van der Waals surface area contributed by atoms with Gasteiger partial charge in [0.05, 0.1) is 0 Å². The van der Waals surface area contributed by atoms with Crippen LogP contribution >= 0.6 is 0 Å². The Labute approximate surface area is 84.6 Å². The quantitative estimate of drug-likeness (QED) is 0.264. The van der Waals surface area contributed by atoms with Crippen molar-refractivity contribution < 1.29 is 33.4 Å². The number of phenols is 4. The monoisotopic (exact) mass is 236 g/mol. The topological polar surface area (TPSA) is 135 Å². The van der Waals surface area contributed by atoms with Crippen LogP contribution in [-0.4, -0.2) is 33.4 Å². The van der Waals surface area contributed by atoms with Crippen LogP contribution < -0.4 is 0 Å². The number of hydrogen-bond donors (Lipinski definition) is 5. The number of benzene rings is 1. The first-order chi connectivity index (χ1) is 6.68. The van der Waals surface area contributed by atoms with E-state index in [1.807, 2.05) is 0 Å². The van der Waals surface area contributed by atoms with Gasteiger partial charge in [0.2, 0.25) is 0 Å². The summed E-state index contributed by atoms with van der Waals surface area (Å²) in [6, 6.07) is 0. The second-order valence-corrected chi connectivity index (χ2v) is 4.18. The van der Waals surface area contributed by atoms with Gasteiger partial charge in [-0.3, -0.25) is 4.55 Å². The number of aromatic hydroxyl groups is 4. The van der Waals surface area contributed by atoms with Crippen LogP contribution in [0.3, 0.4) is 0 Å². The fraction of sp³-hybridized carbons (Fsp3) is 0.143. The molecule has 15 heavy (non-hydrogen) atoms. The third-order valence-electron chi connectivity index (χ3n) is 1.85. The van der Waals surface area contributed by atoms with Gasteiger partial charge in [-0.2, -0.15) is 8.42 Å². The van der Waals surface area contributed by atoms with E-state index in [1.165, 1.54) is 0 Å². The summed E-state index contributed by atoms with van der Waals surface area (Å²) < 4.78 is 30.0. The van der Waals surface area contributed by atoms with Crippen molar-refractivity contribution in [2.24, 2.45) is 0 Å². The maximum Gasteiger partial charge on any atom is 0.302 e. The molecule has 0 aromatic heterocycles. The van der Waals surface area contributed by atoms with Gasteiger partial charge in [-0.25, -0.2) is 0 Å². The minimum atomic E-state index is -4.95. The zero-order chi connectivity index (χ0) is 12.0. The Morgan fingerprint density at radius 3 is 1.47 bits per heavy atom. The van der Waals surface area contributed by atoms with E-state index < -0.39 is 38.0 Å². The van der Waals surface area contributed by atoms with Gasteiger partial charge < -0.3 is 20.4 Å². The molecule has 0 atom stereocenters. The van der Waals surface area contributed by atoms with E-state index in [2.05, 4.69) is 0 Å². The minimum absolute atomic E-state index is 0.308. The first-order valence-electron chi connectivity index (χ1n) is 3.61. The molecule has 0 heterocycles. The lowest BCUT2D eigenvalue weighted by Gasteiger charge is -2.10. The van der Waals surface area contributed by atoms with Crippen LogP contribution in [0.1, 0.15) is 5.56 Å². The summed E-state index contributed by atoms with van der Waals surface area (Å²) in [4.78, 5) is -1.33. The van der Waals surface area contributed by atoms with Crippen molar-refractivity contribution in [2.75, 3.05) is 0 Å². The van der Waals surface area contributed by atoms with Gasteiger partial charge in [0.1, 0.15) is 0 Å². The Bertz CT molecular complexity index is 488. The molecule has 1 rings (SSSR count). The molecule has 0 aliphatic heterocycles.